The number of benzene rings is 1. The van der Waals surface area contributed by atoms with Crippen molar-refractivity contribution in [1.82, 2.24) is 5.32 Å². The quantitative estimate of drug-likeness (QED) is 0.860. The third-order valence-electron chi connectivity index (χ3n) is 3.01. The number of nitrogens with one attached hydrogen (secondary N) is 2. The van der Waals surface area contributed by atoms with Crippen molar-refractivity contribution in [1.29, 1.82) is 0 Å². The van der Waals surface area contributed by atoms with Crippen molar-refractivity contribution in [3.8, 4) is 5.75 Å². The Morgan fingerprint density at radius 2 is 2.09 bits per heavy atom. The summed E-state index contributed by atoms with van der Waals surface area (Å²) in [6.07, 6.45) is 0.178. The molecule has 0 aliphatic carbocycles. The summed E-state index contributed by atoms with van der Waals surface area (Å²) in [4.78, 5) is 24.5. The predicted octanol–water partition coefficient (Wildman–Crippen LogP) is 2.96. The molecule has 1 unspecified atom stereocenters. The van der Waals surface area contributed by atoms with Gasteiger partial charge in [0.2, 0.25) is 11.8 Å². The number of rotatable bonds is 6. The first-order valence-corrected chi connectivity index (χ1v) is 7.71. The highest BCUT2D eigenvalue weighted by molar-refractivity contribution is 7.10. The Kier molecular flexibility index (Phi) is 5.55. The van der Waals surface area contributed by atoms with Crippen LogP contribution in [0.4, 0.5) is 5.69 Å². The second-order valence-corrected chi connectivity index (χ2v) is 5.73. The number of thiophene rings is 1. The summed E-state index contributed by atoms with van der Waals surface area (Å²) in [5, 5.41) is 7.54. The van der Waals surface area contributed by atoms with Gasteiger partial charge in [0.25, 0.3) is 0 Å². The molecule has 1 atom stereocenters. The van der Waals surface area contributed by atoms with Gasteiger partial charge in [-0.3, -0.25) is 9.59 Å². The SMILES string of the molecule is COc1cccc(NC(=O)CC(NC(C)=O)c2cccs2)c1. The number of ether oxygens (including phenoxy) is 1. The van der Waals surface area contributed by atoms with Crippen molar-refractivity contribution >= 4 is 28.8 Å². The molecule has 0 saturated carbocycles. The maximum atomic E-state index is 12.2. The zero-order chi connectivity index (χ0) is 15.9. The highest BCUT2D eigenvalue weighted by Crippen LogP contribution is 2.23. The molecule has 0 bridgehead atoms. The fraction of sp³-hybridized carbons (Fsp3) is 0.250. The molecule has 0 saturated heterocycles. The van der Waals surface area contributed by atoms with Crippen LogP contribution in [0.25, 0.3) is 0 Å². The van der Waals surface area contributed by atoms with Crippen molar-refractivity contribution in [3.05, 3.63) is 46.7 Å². The highest BCUT2D eigenvalue weighted by Gasteiger charge is 2.18. The molecule has 22 heavy (non-hydrogen) atoms. The number of methoxy groups -OCH3 is 1. The number of hydrogen-bond acceptors (Lipinski definition) is 4. The molecule has 0 spiro atoms. The fourth-order valence-corrected chi connectivity index (χ4v) is 2.83. The molecule has 2 rings (SSSR count). The minimum atomic E-state index is -0.317. The van der Waals surface area contributed by atoms with E-state index in [1.54, 1.807) is 31.4 Å². The van der Waals surface area contributed by atoms with E-state index < -0.39 is 0 Å². The molecule has 1 heterocycles. The normalized spacial score (nSPS) is 11.5. The number of carbonyl (C=O) groups excluding carboxylic acids is 2. The molecule has 5 nitrogen and oxygen atoms in total. The molecule has 0 fully saturated rings. The number of carbonyl (C=O) groups is 2. The number of amides is 2. The maximum Gasteiger partial charge on any atom is 0.226 e. The van der Waals surface area contributed by atoms with Crippen LogP contribution in [0.1, 0.15) is 24.3 Å². The molecule has 1 aromatic heterocycles. The van der Waals surface area contributed by atoms with Gasteiger partial charge in [0.05, 0.1) is 19.6 Å². The molecule has 0 aliphatic heterocycles. The van der Waals surface area contributed by atoms with Crippen LogP contribution in [0.2, 0.25) is 0 Å². The van der Waals surface area contributed by atoms with E-state index >= 15 is 0 Å². The molecular formula is C16H18N2O3S. The van der Waals surface area contributed by atoms with Gasteiger partial charge in [0, 0.05) is 23.6 Å². The van der Waals surface area contributed by atoms with Gasteiger partial charge in [-0.15, -0.1) is 11.3 Å². The highest BCUT2D eigenvalue weighted by atomic mass is 32.1. The minimum absolute atomic E-state index is 0.160. The Bertz CT molecular complexity index is 641. The average Bonchev–Trinajstić information content (AvgIpc) is 3.00. The lowest BCUT2D eigenvalue weighted by molar-refractivity contribution is -0.120. The summed E-state index contributed by atoms with van der Waals surface area (Å²) in [6, 6.07) is 10.6. The summed E-state index contributed by atoms with van der Waals surface area (Å²) in [7, 11) is 1.57. The maximum absolute atomic E-state index is 12.2. The van der Waals surface area contributed by atoms with Crippen molar-refractivity contribution in [2.24, 2.45) is 0 Å². The molecule has 6 heteroatoms. The number of hydrogen-bond donors (Lipinski definition) is 2. The first-order chi connectivity index (χ1) is 10.6. The molecule has 0 radical (unpaired) electrons. The number of anilines is 1. The van der Waals surface area contributed by atoms with Gasteiger partial charge in [0.15, 0.2) is 0 Å². The van der Waals surface area contributed by atoms with Gasteiger partial charge in [-0.1, -0.05) is 12.1 Å². The summed E-state index contributed by atoms with van der Waals surface area (Å²) >= 11 is 1.51. The smallest absolute Gasteiger partial charge is 0.226 e. The molecule has 1 aromatic carbocycles. The van der Waals surface area contributed by atoms with Crippen molar-refractivity contribution < 1.29 is 14.3 Å². The second-order valence-electron chi connectivity index (χ2n) is 4.75. The zero-order valence-electron chi connectivity index (χ0n) is 12.5. The Morgan fingerprint density at radius 1 is 1.27 bits per heavy atom. The van der Waals surface area contributed by atoms with Crippen LogP contribution < -0.4 is 15.4 Å². The van der Waals surface area contributed by atoms with E-state index in [2.05, 4.69) is 10.6 Å². The molecule has 2 aromatic rings. The van der Waals surface area contributed by atoms with Gasteiger partial charge in [-0.25, -0.2) is 0 Å². The van der Waals surface area contributed by atoms with E-state index in [9.17, 15) is 9.59 Å². The minimum Gasteiger partial charge on any atom is -0.497 e. The summed E-state index contributed by atoms with van der Waals surface area (Å²) < 4.78 is 5.12. The first kappa shape index (κ1) is 16.0. The van der Waals surface area contributed by atoms with Crippen LogP contribution in [-0.2, 0) is 9.59 Å². The van der Waals surface area contributed by atoms with E-state index in [1.165, 1.54) is 18.3 Å². The molecule has 0 aliphatic rings. The lowest BCUT2D eigenvalue weighted by Crippen LogP contribution is -2.29. The Balaban J connectivity index is 2.03. The molecule has 2 amide bonds. The van der Waals surface area contributed by atoms with Crippen molar-refractivity contribution in [2.45, 2.75) is 19.4 Å². The predicted molar refractivity (Wildman–Crippen MR) is 87.1 cm³/mol. The zero-order valence-corrected chi connectivity index (χ0v) is 13.3. The van der Waals surface area contributed by atoms with Gasteiger partial charge < -0.3 is 15.4 Å². The Labute approximate surface area is 133 Å². The van der Waals surface area contributed by atoms with E-state index in [4.69, 9.17) is 4.74 Å². The van der Waals surface area contributed by atoms with Crippen LogP contribution >= 0.6 is 11.3 Å². The van der Waals surface area contributed by atoms with Crippen molar-refractivity contribution in [2.75, 3.05) is 12.4 Å². The van der Waals surface area contributed by atoms with E-state index in [1.807, 2.05) is 17.5 Å². The summed E-state index contributed by atoms with van der Waals surface area (Å²) in [5.41, 5.74) is 0.664. The topological polar surface area (TPSA) is 67.4 Å². The van der Waals surface area contributed by atoms with Crippen LogP contribution in [-0.4, -0.2) is 18.9 Å². The van der Waals surface area contributed by atoms with E-state index in [0.717, 1.165) is 4.88 Å². The van der Waals surface area contributed by atoms with E-state index in [-0.39, 0.29) is 24.3 Å². The van der Waals surface area contributed by atoms with E-state index in [0.29, 0.717) is 11.4 Å². The first-order valence-electron chi connectivity index (χ1n) is 6.83. The third-order valence-corrected chi connectivity index (χ3v) is 3.99. The van der Waals surface area contributed by atoms with Crippen LogP contribution in [0.5, 0.6) is 5.75 Å². The molecule has 2 N–H and O–H groups in total. The summed E-state index contributed by atoms with van der Waals surface area (Å²) in [5.74, 6) is 0.349. The molecule has 116 valence electrons. The molecular weight excluding hydrogens is 300 g/mol. The average molecular weight is 318 g/mol. The van der Waals surface area contributed by atoms with Crippen LogP contribution in [0.15, 0.2) is 41.8 Å². The van der Waals surface area contributed by atoms with Crippen LogP contribution in [0.3, 0.4) is 0 Å². The largest absolute Gasteiger partial charge is 0.497 e. The monoisotopic (exact) mass is 318 g/mol. The van der Waals surface area contributed by atoms with Gasteiger partial charge in [0.1, 0.15) is 5.75 Å². The standard InChI is InChI=1S/C16H18N2O3S/c1-11(19)17-14(15-7-4-8-22-15)10-16(20)18-12-5-3-6-13(9-12)21-2/h3-9,14H,10H2,1-2H3,(H,17,19)(H,18,20). The van der Waals surface area contributed by atoms with Crippen LogP contribution in [0, 0.1) is 0 Å². The van der Waals surface area contributed by atoms with Gasteiger partial charge in [-0.2, -0.15) is 0 Å². The van der Waals surface area contributed by atoms with Gasteiger partial charge in [-0.05, 0) is 23.6 Å². The Hall–Kier alpha value is -2.34. The lowest BCUT2D eigenvalue weighted by Gasteiger charge is -2.16. The second kappa shape index (κ2) is 7.61. The third kappa shape index (κ3) is 4.60. The Morgan fingerprint density at radius 3 is 2.73 bits per heavy atom. The van der Waals surface area contributed by atoms with Gasteiger partial charge >= 0.3 is 0 Å². The van der Waals surface area contributed by atoms with Crippen molar-refractivity contribution in [3.63, 3.8) is 0 Å². The lowest BCUT2D eigenvalue weighted by atomic mass is 10.1. The summed E-state index contributed by atoms with van der Waals surface area (Å²) in [6.45, 7) is 1.45. The fourth-order valence-electron chi connectivity index (χ4n) is 2.06.